The van der Waals surface area contributed by atoms with Gasteiger partial charge in [-0.15, -0.1) is 0 Å². The van der Waals surface area contributed by atoms with Crippen molar-refractivity contribution in [2.75, 3.05) is 0 Å². The van der Waals surface area contributed by atoms with Gasteiger partial charge in [0.15, 0.2) is 5.78 Å². The number of pyridine rings is 1. The van der Waals surface area contributed by atoms with Gasteiger partial charge in [-0.3, -0.25) is 4.79 Å². The molecule has 0 aliphatic heterocycles. The largest absolute Gasteiger partial charge is 0.294 e. The summed E-state index contributed by atoms with van der Waals surface area (Å²) in [6.45, 7) is 1.84. The van der Waals surface area contributed by atoms with Crippen LogP contribution in [0.1, 0.15) is 23.7 Å². The topological polar surface area (TPSA) is 30.0 Å². The summed E-state index contributed by atoms with van der Waals surface area (Å²) in [6, 6.07) is 9.15. The fourth-order valence-electron chi connectivity index (χ4n) is 1.56. The highest BCUT2D eigenvalue weighted by Gasteiger charge is 2.09. The van der Waals surface area contributed by atoms with Gasteiger partial charge < -0.3 is 0 Å². The summed E-state index contributed by atoms with van der Waals surface area (Å²) in [4.78, 5) is 15.9. The van der Waals surface area contributed by atoms with Crippen LogP contribution in [0.15, 0.2) is 30.3 Å². The molecular formula is C12H10ClNO. The van der Waals surface area contributed by atoms with E-state index in [0.717, 1.165) is 10.9 Å². The SMILES string of the molecule is CCC(=O)c1cc(Cl)nc2ccccc12. The Hall–Kier alpha value is -1.41. The molecule has 3 heteroatoms. The number of hydrogen-bond acceptors (Lipinski definition) is 2. The smallest absolute Gasteiger partial charge is 0.163 e. The first-order valence-electron chi connectivity index (χ1n) is 4.81. The zero-order valence-electron chi connectivity index (χ0n) is 8.33. The quantitative estimate of drug-likeness (QED) is 0.572. The first-order chi connectivity index (χ1) is 7.22. The molecule has 1 aromatic heterocycles. The maximum Gasteiger partial charge on any atom is 0.163 e. The van der Waals surface area contributed by atoms with E-state index in [0.29, 0.717) is 17.1 Å². The summed E-state index contributed by atoms with van der Waals surface area (Å²) in [6.07, 6.45) is 0.477. The summed E-state index contributed by atoms with van der Waals surface area (Å²) < 4.78 is 0. The zero-order chi connectivity index (χ0) is 10.8. The maximum atomic E-state index is 11.7. The van der Waals surface area contributed by atoms with Crippen LogP contribution < -0.4 is 0 Å². The van der Waals surface area contributed by atoms with E-state index in [-0.39, 0.29) is 5.78 Å². The van der Waals surface area contributed by atoms with Crippen molar-refractivity contribution in [2.24, 2.45) is 0 Å². The standard InChI is InChI=1S/C12H10ClNO/c1-2-11(15)9-7-12(13)14-10-6-4-3-5-8(9)10/h3-7H,2H2,1H3. The molecule has 0 aliphatic carbocycles. The van der Waals surface area contributed by atoms with Gasteiger partial charge in [-0.25, -0.2) is 4.98 Å². The van der Waals surface area contributed by atoms with Gasteiger partial charge in [0.25, 0.3) is 0 Å². The molecule has 2 nitrogen and oxygen atoms in total. The number of carbonyl (C=O) groups is 1. The van der Waals surface area contributed by atoms with E-state index in [1.807, 2.05) is 31.2 Å². The minimum Gasteiger partial charge on any atom is -0.294 e. The van der Waals surface area contributed by atoms with E-state index in [9.17, 15) is 4.79 Å². The Bertz CT molecular complexity index is 522. The van der Waals surface area contributed by atoms with Gasteiger partial charge in [-0.05, 0) is 12.1 Å². The third kappa shape index (κ3) is 1.85. The fraction of sp³-hybridized carbons (Fsp3) is 0.167. The minimum atomic E-state index is 0.0931. The Kier molecular flexibility index (Phi) is 2.69. The summed E-state index contributed by atoms with van der Waals surface area (Å²) >= 11 is 5.86. The van der Waals surface area contributed by atoms with Crippen LogP contribution >= 0.6 is 11.6 Å². The minimum absolute atomic E-state index is 0.0931. The molecule has 2 aromatic rings. The van der Waals surface area contributed by atoms with E-state index >= 15 is 0 Å². The van der Waals surface area contributed by atoms with Crippen molar-refractivity contribution in [3.05, 3.63) is 41.0 Å². The highest BCUT2D eigenvalue weighted by Crippen LogP contribution is 2.21. The Labute approximate surface area is 92.9 Å². The number of nitrogens with zero attached hydrogens (tertiary/aromatic N) is 1. The van der Waals surface area contributed by atoms with E-state index < -0.39 is 0 Å². The van der Waals surface area contributed by atoms with Gasteiger partial charge in [0, 0.05) is 17.4 Å². The van der Waals surface area contributed by atoms with E-state index in [1.54, 1.807) is 6.07 Å². The number of ketones is 1. The van der Waals surface area contributed by atoms with Gasteiger partial charge in [-0.2, -0.15) is 0 Å². The zero-order valence-corrected chi connectivity index (χ0v) is 9.08. The molecule has 0 fully saturated rings. The lowest BCUT2D eigenvalue weighted by atomic mass is 10.0. The monoisotopic (exact) mass is 219 g/mol. The van der Waals surface area contributed by atoms with Crippen molar-refractivity contribution in [2.45, 2.75) is 13.3 Å². The molecular weight excluding hydrogens is 210 g/mol. The number of para-hydroxylation sites is 1. The number of Topliss-reactive ketones (excluding diaryl/α,β-unsaturated/α-hetero) is 1. The van der Waals surface area contributed by atoms with Crippen LogP contribution in [0.3, 0.4) is 0 Å². The molecule has 1 aromatic carbocycles. The highest BCUT2D eigenvalue weighted by molar-refractivity contribution is 6.30. The number of rotatable bonds is 2. The van der Waals surface area contributed by atoms with Crippen molar-refractivity contribution < 1.29 is 4.79 Å². The second-order valence-corrected chi connectivity index (χ2v) is 3.67. The lowest BCUT2D eigenvalue weighted by Crippen LogP contribution is -1.99. The van der Waals surface area contributed by atoms with Gasteiger partial charge in [0.05, 0.1) is 5.52 Å². The second-order valence-electron chi connectivity index (χ2n) is 3.29. The molecule has 0 amide bonds. The third-order valence-electron chi connectivity index (χ3n) is 2.31. The van der Waals surface area contributed by atoms with Gasteiger partial charge >= 0.3 is 0 Å². The molecule has 0 bridgehead atoms. The third-order valence-corrected chi connectivity index (χ3v) is 2.50. The molecule has 0 radical (unpaired) electrons. The van der Waals surface area contributed by atoms with Gasteiger partial charge in [0.2, 0.25) is 0 Å². The molecule has 15 heavy (non-hydrogen) atoms. The van der Waals surface area contributed by atoms with Crippen molar-refractivity contribution >= 4 is 28.3 Å². The van der Waals surface area contributed by atoms with E-state index in [1.165, 1.54) is 0 Å². The van der Waals surface area contributed by atoms with Crippen LogP contribution in [0.25, 0.3) is 10.9 Å². The molecule has 0 atom stereocenters. The second kappa shape index (κ2) is 3.99. The van der Waals surface area contributed by atoms with Crippen molar-refractivity contribution in [1.82, 2.24) is 4.98 Å². The molecule has 76 valence electrons. The van der Waals surface area contributed by atoms with E-state index in [4.69, 9.17) is 11.6 Å². The summed E-state index contributed by atoms with van der Waals surface area (Å²) in [7, 11) is 0. The molecule has 0 spiro atoms. The van der Waals surface area contributed by atoms with Crippen molar-refractivity contribution in [3.8, 4) is 0 Å². The average molecular weight is 220 g/mol. The normalized spacial score (nSPS) is 10.5. The fourth-order valence-corrected chi connectivity index (χ4v) is 1.76. The molecule has 0 saturated carbocycles. The van der Waals surface area contributed by atoms with Crippen LogP contribution in [0, 0.1) is 0 Å². The summed E-state index contributed by atoms with van der Waals surface area (Å²) in [5.74, 6) is 0.0931. The number of aromatic nitrogens is 1. The van der Waals surface area contributed by atoms with Crippen molar-refractivity contribution in [1.29, 1.82) is 0 Å². The maximum absolute atomic E-state index is 11.7. The Balaban J connectivity index is 2.76. The van der Waals surface area contributed by atoms with Gasteiger partial charge in [-0.1, -0.05) is 36.7 Å². The Morgan fingerprint density at radius 3 is 2.87 bits per heavy atom. The lowest BCUT2D eigenvalue weighted by molar-refractivity contribution is 0.0989. The van der Waals surface area contributed by atoms with Crippen LogP contribution in [0.5, 0.6) is 0 Å². The van der Waals surface area contributed by atoms with Crippen LogP contribution in [0.2, 0.25) is 5.15 Å². The van der Waals surface area contributed by atoms with Gasteiger partial charge in [0.1, 0.15) is 5.15 Å². The van der Waals surface area contributed by atoms with Crippen LogP contribution in [-0.4, -0.2) is 10.8 Å². The Morgan fingerprint density at radius 2 is 2.13 bits per heavy atom. The molecule has 0 aliphatic rings. The first-order valence-corrected chi connectivity index (χ1v) is 5.18. The molecule has 0 N–H and O–H groups in total. The number of carbonyl (C=O) groups excluding carboxylic acids is 1. The molecule has 1 heterocycles. The number of benzene rings is 1. The number of fused-ring (bicyclic) bond motifs is 1. The average Bonchev–Trinajstić information content (AvgIpc) is 2.26. The van der Waals surface area contributed by atoms with Crippen molar-refractivity contribution in [3.63, 3.8) is 0 Å². The molecule has 2 rings (SSSR count). The van der Waals surface area contributed by atoms with Crippen LogP contribution in [-0.2, 0) is 0 Å². The number of halogens is 1. The lowest BCUT2D eigenvalue weighted by Gasteiger charge is -2.04. The van der Waals surface area contributed by atoms with Crippen LogP contribution in [0.4, 0.5) is 0 Å². The predicted molar refractivity (Wildman–Crippen MR) is 61.4 cm³/mol. The van der Waals surface area contributed by atoms with E-state index in [2.05, 4.69) is 4.98 Å². The number of hydrogen-bond donors (Lipinski definition) is 0. The predicted octanol–water partition coefficient (Wildman–Crippen LogP) is 3.48. The molecule has 0 saturated heterocycles. The first kappa shape index (κ1) is 10.1. The summed E-state index contributed by atoms with van der Waals surface area (Å²) in [5.41, 5.74) is 1.43. The molecule has 0 unspecified atom stereocenters. The highest BCUT2D eigenvalue weighted by atomic mass is 35.5. The summed E-state index contributed by atoms with van der Waals surface area (Å²) in [5, 5.41) is 1.24. The Morgan fingerprint density at radius 1 is 1.40 bits per heavy atom.